The van der Waals surface area contributed by atoms with Gasteiger partial charge in [0, 0.05) is 19.5 Å². The summed E-state index contributed by atoms with van der Waals surface area (Å²) in [7, 11) is 0. The zero-order valence-corrected chi connectivity index (χ0v) is 12.2. The number of hydrogen-bond donors (Lipinski definition) is 1. The minimum Gasteiger partial charge on any atom is -0.444 e. The highest BCUT2D eigenvalue weighted by Gasteiger charge is 2.31. The van der Waals surface area contributed by atoms with E-state index >= 15 is 0 Å². The normalized spacial score (nSPS) is 19.2. The molecule has 0 spiro atoms. The van der Waals surface area contributed by atoms with Gasteiger partial charge in [0.15, 0.2) is 0 Å². The first kappa shape index (κ1) is 15.6. The zero-order valence-electron chi connectivity index (χ0n) is 12.2. The first-order valence-electron chi connectivity index (χ1n) is 6.74. The molecule has 1 saturated heterocycles. The van der Waals surface area contributed by atoms with Crippen molar-refractivity contribution in [2.75, 3.05) is 19.6 Å². The molecule has 0 aromatic carbocycles. The molecule has 19 heavy (non-hydrogen) atoms. The largest absolute Gasteiger partial charge is 0.444 e. The van der Waals surface area contributed by atoms with Gasteiger partial charge in [0.05, 0.1) is 6.54 Å². The Bertz CT molecular complexity index is 325. The third-order valence-electron chi connectivity index (χ3n) is 2.59. The number of carbonyl (C=O) groups is 2. The second kappa shape index (κ2) is 6.63. The van der Waals surface area contributed by atoms with Crippen LogP contribution in [0.5, 0.6) is 0 Å². The second-order valence-electron chi connectivity index (χ2n) is 5.67. The summed E-state index contributed by atoms with van der Waals surface area (Å²) in [6.45, 7) is 9.00. The molecule has 1 atom stereocenters. The first-order valence-corrected chi connectivity index (χ1v) is 6.74. The van der Waals surface area contributed by atoms with E-state index < -0.39 is 11.7 Å². The van der Waals surface area contributed by atoms with E-state index in [2.05, 4.69) is 5.32 Å². The van der Waals surface area contributed by atoms with E-state index in [0.29, 0.717) is 26.1 Å². The fourth-order valence-corrected chi connectivity index (χ4v) is 1.74. The van der Waals surface area contributed by atoms with Gasteiger partial charge in [-0.25, -0.2) is 9.59 Å². The maximum absolute atomic E-state index is 11.8. The topological polar surface area (TPSA) is 67.9 Å². The molecule has 0 saturated carbocycles. The predicted molar refractivity (Wildman–Crippen MR) is 71.0 cm³/mol. The van der Waals surface area contributed by atoms with Gasteiger partial charge >= 0.3 is 12.2 Å². The van der Waals surface area contributed by atoms with Gasteiger partial charge in [0.1, 0.15) is 11.7 Å². The molecule has 1 heterocycles. The van der Waals surface area contributed by atoms with Gasteiger partial charge in [-0.3, -0.25) is 0 Å². The number of carbonyl (C=O) groups excluding carboxylic acids is 2. The van der Waals surface area contributed by atoms with Gasteiger partial charge in [-0.05, 0) is 27.2 Å². The Hall–Kier alpha value is -1.46. The van der Waals surface area contributed by atoms with Crippen molar-refractivity contribution in [2.24, 2.45) is 0 Å². The fourth-order valence-electron chi connectivity index (χ4n) is 1.74. The van der Waals surface area contributed by atoms with Gasteiger partial charge in [0.25, 0.3) is 0 Å². The molecule has 6 heteroatoms. The van der Waals surface area contributed by atoms with Crippen LogP contribution in [0.2, 0.25) is 0 Å². The van der Waals surface area contributed by atoms with E-state index in [0.717, 1.165) is 6.42 Å². The summed E-state index contributed by atoms with van der Waals surface area (Å²) in [6.07, 6.45) is 0.498. The van der Waals surface area contributed by atoms with Crippen molar-refractivity contribution in [1.29, 1.82) is 0 Å². The van der Waals surface area contributed by atoms with Gasteiger partial charge in [-0.15, -0.1) is 0 Å². The molecule has 1 unspecified atom stereocenters. The Morgan fingerprint density at radius 3 is 2.63 bits per heavy atom. The van der Waals surface area contributed by atoms with Crippen LogP contribution in [0, 0.1) is 0 Å². The number of nitrogens with zero attached hydrogens (tertiary/aromatic N) is 1. The summed E-state index contributed by atoms with van der Waals surface area (Å²) in [6, 6.07) is 0. The molecule has 0 radical (unpaired) electrons. The number of alkyl carbamates (subject to hydrolysis) is 1. The summed E-state index contributed by atoms with van der Waals surface area (Å²) >= 11 is 0. The van der Waals surface area contributed by atoms with Crippen LogP contribution in [-0.4, -0.2) is 48.4 Å². The van der Waals surface area contributed by atoms with E-state index in [9.17, 15) is 9.59 Å². The van der Waals surface area contributed by atoms with E-state index in [1.54, 1.807) is 4.90 Å². The highest BCUT2D eigenvalue weighted by atomic mass is 16.6. The van der Waals surface area contributed by atoms with Gasteiger partial charge < -0.3 is 19.7 Å². The van der Waals surface area contributed by atoms with Gasteiger partial charge in [-0.2, -0.15) is 0 Å². The molecule has 6 nitrogen and oxygen atoms in total. The standard InChI is InChI=1S/C13H24N2O4/c1-5-7-14-11(16)18-10-6-8-15(9-10)12(17)19-13(2,3)4/h10H,5-9H2,1-4H3,(H,14,16). The van der Waals surface area contributed by atoms with Crippen molar-refractivity contribution in [3.63, 3.8) is 0 Å². The molecule has 1 N–H and O–H groups in total. The van der Waals surface area contributed by atoms with Crippen LogP contribution in [0.25, 0.3) is 0 Å². The molecule has 0 aromatic heterocycles. The van der Waals surface area contributed by atoms with Crippen LogP contribution < -0.4 is 5.32 Å². The van der Waals surface area contributed by atoms with Crippen molar-refractivity contribution in [3.05, 3.63) is 0 Å². The van der Waals surface area contributed by atoms with E-state index in [1.807, 2.05) is 27.7 Å². The Kier molecular flexibility index (Phi) is 5.44. The number of amides is 2. The number of ether oxygens (including phenoxy) is 2. The second-order valence-corrected chi connectivity index (χ2v) is 5.67. The van der Waals surface area contributed by atoms with Crippen LogP contribution in [0.15, 0.2) is 0 Å². The Labute approximate surface area is 114 Å². The number of hydrogen-bond acceptors (Lipinski definition) is 4. The highest BCUT2D eigenvalue weighted by molar-refractivity contribution is 5.69. The lowest BCUT2D eigenvalue weighted by Crippen LogP contribution is -2.37. The molecule has 1 aliphatic rings. The average molecular weight is 272 g/mol. The SMILES string of the molecule is CCCNC(=O)OC1CCN(C(=O)OC(C)(C)C)C1. The fraction of sp³-hybridized carbons (Fsp3) is 0.846. The van der Waals surface area contributed by atoms with Crippen molar-refractivity contribution in [1.82, 2.24) is 10.2 Å². The number of nitrogens with one attached hydrogen (secondary N) is 1. The highest BCUT2D eigenvalue weighted by Crippen LogP contribution is 2.17. The Balaban J connectivity index is 2.33. The summed E-state index contributed by atoms with van der Waals surface area (Å²) in [4.78, 5) is 24.8. The lowest BCUT2D eigenvalue weighted by Gasteiger charge is -2.24. The van der Waals surface area contributed by atoms with Crippen LogP contribution in [0.1, 0.15) is 40.5 Å². The molecule has 2 amide bonds. The summed E-state index contributed by atoms with van der Waals surface area (Å²) in [5.41, 5.74) is -0.505. The number of rotatable bonds is 3. The van der Waals surface area contributed by atoms with Crippen molar-refractivity contribution in [2.45, 2.75) is 52.2 Å². The lowest BCUT2D eigenvalue weighted by atomic mass is 10.2. The molecule has 0 aliphatic carbocycles. The van der Waals surface area contributed by atoms with Gasteiger partial charge in [-0.1, -0.05) is 6.92 Å². The summed E-state index contributed by atoms with van der Waals surface area (Å²) in [5, 5.41) is 2.65. The van der Waals surface area contributed by atoms with Crippen molar-refractivity contribution in [3.8, 4) is 0 Å². The molecule has 0 aromatic rings. The lowest BCUT2D eigenvalue weighted by molar-refractivity contribution is 0.0259. The van der Waals surface area contributed by atoms with Crippen molar-refractivity contribution >= 4 is 12.2 Å². The minimum atomic E-state index is -0.505. The van der Waals surface area contributed by atoms with Crippen LogP contribution in [0.4, 0.5) is 9.59 Å². The van der Waals surface area contributed by atoms with E-state index in [1.165, 1.54) is 0 Å². The Morgan fingerprint density at radius 1 is 1.37 bits per heavy atom. The Morgan fingerprint density at radius 2 is 2.05 bits per heavy atom. The maximum atomic E-state index is 11.8. The van der Waals surface area contributed by atoms with Crippen LogP contribution >= 0.6 is 0 Å². The molecule has 1 aliphatic heterocycles. The molecular weight excluding hydrogens is 248 g/mol. The molecular formula is C13H24N2O4. The third-order valence-corrected chi connectivity index (χ3v) is 2.59. The quantitative estimate of drug-likeness (QED) is 0.854. The van der Waals surface area contributed by atoms with Crippen LogP contribution in [-0.2, 0) is 9.47 Å². The monoisotopic (exact) mass is 272 g/mol. The van der Waals surface area contributed by atoms with E-state index in [-0.39, 0.29) is 12.2 Å². The smallest absolute Gasteiger partial charge is 0.410 e. The molecule has 1 rings (SSSR count). The summed E-state index contributed by atoms with van der Waals surface area (Å²) in [5.74, 6) is 0. The van der Waals surface area contributed by atoms with Crippen LogP contribution in [0.3, 0.4) is 0 Å². The number of likely N-dealkylation sites (tertiary alicyclic amines) is 1. The molecule has 1 fully saturated rings. The third kappa shape index (κ3) is 5.81. The molecule has 110 valence electrons. The van der Waals surface area contributed by atoms with Crippen molar-refractivity contribution < 1.29 is 19.1 Å². The average Bonchev–Trinajstić information content (AvgIpc) is 2.72. The maximum Gasteiger partial charge on any atom is 0.410 e. The summed E-state index contributed by atoms with van der Waals surface area (Å²) < 4.78 is 10.5. The van der Waals surface area contributed by atoms with Gasteiger partial charge in [0.2, 0.25) is 0 Å². The first-order chi connectivity index (χ1) is 8.81. The van der Waals surface area contributed by atoms with E-state index in [4.69, 9.17) is 9.47 Å². The molecule has 0 bridgehead atoms. The minimum absolute atomic E-state index is 0.246. The predicted octanol–water partition coefficient (Wildman–Crippen LogP) is 2.13. The zero-order chi connectivity index (χ0) is 14.5.